The Balaban J connectivity index is 2.05. The smallest absolute Gasteiger partial charge is 0.410 e. The summed E-state index contributed by atoms with van der Waals surface area (Å²) in [5.41, 5.74) is -0.488. The van der Waals surface area contributed by atoms with Crippen molar-refractivity contribution in [2.24, 2.45) is 5.41 Å². The van der Waals surface area contributed by atoms with Gasteiger partial charge < -0.3 is 14.4 Å². The molecule has 0 spiro atoms. The molecule has 1 aromatic heterocycles. The Bertz CT molecular complexity index is 569. The topological polar surface area (TPSA) is 51.7 Å². The molecule has 5 nitrogen and oxygen atoms in total. The van der Waals surface area contributed by atoms with Crippen LogP contribution in [0.3, 0.4) is 0 Å². The Labute approximate surface area is 142 Å². The highest BCUT2D eigenvalue weighted by molar-refractivity contribution is 6.31. The first-order valence-electron chi connectivity index (χ1n) is 7.80. The second kappa shape index (κ2) is 6.56. The van der Waals surface area contributed by atoms with Gasteiger partial charge in [0.05, 0.1) is 6.04 Å². The summed E-state index contributed by atoms with van der Waals surface area (Å²) in [5, 5.41) is 0.466. The molecule has 23 heavy (non-hydrogen) atoms. The highest BCUT2D eigenvalue weighted by Crippen LogP contribution is 2.35. The van der Waals surface area contributed by atoms with Crippen LogP contribution in [-0.4, -0.2) is 40.8 Å². The summed E-state index contributed by atoms with van der Waals surface area (Å²) in [5.74, 6) is 0.392. The largest absolute Gasteiger partial charge is 0.474 e. The zero-order chi connectivity index (χ0) is 17.3. The Kier molecular flexibility index (Phi) is 5.09. The van der Waals surface area contributed by atoms with E-state index in [2.05, 4.69) is 18.8 Å². The van der Waals surface area contributed by atoms with Crippen LogP contribution in [0.2, 0.25) is 5.02 Å². The average Bonchev–Trinajstić information content (AvgIpc) is 2.71. The number of carbonyl (C=O) groups excluding carboxylic acids is 1. The number of likely N-dealkylation sites (tertiary alicyclic amines) is 1. The fourth-order valence-corrected chi connectivity index (χ4v) is 2.91. The van der Waals surface area contributed by atoms with Gasteiger partial charge in [0.2, 0.25) is 5.88 Å². The summed E-state index contributed by atoms with van der Waals surface area (Å²) in [7, 11) is 0. The van der Waals surface area contributed by atoms with E-state index in [1.165, 1.54) is 0 Å². The summed E-state index contributed by atoms with van der Waals surface area (Å²) >= 11 is 6.06. The fraction of sp³-hybridized carbons (Fsp3) is 0.647. The lowest BCUT2D eigenvalue weighted by molar-refractivity contribution is 0.0176. The first kappa shape index (κ1) is 17.9. The number of ether oxygens (including phenoxy) is 2. The Morgan fingerprint density at radius 2 is 2.17 bits per heavy atom. The maximum absolute atomic E-state index is 12.4. The summed E-state index contributed by atoms with van der Waals surface area (Å²) < 4.78 is 11.2. The van der Waals surface area contributed by atoms with Crippen LogP contribution in [0.25, 0.3) is 0 Å². The number of halogens is 1. The van der Waals surface area contributed by atoms with Crippen LogP contribution in [0.4, 0.5) is 4.79 Å². The minimum absolute atomic E-state index is 0.0266. The first-order valence-corrected chi connectivity index (χ1v) is 8.18. The number of amides is 1. The molecule has 0 radical (unpaired) electrons. The van der Waals surface area contributed by atoms with Crippen molar-refractivity contribution < 1.29 is 14.3 Å². The molecule has 2 heterocycles. The van der Waals surface area contributed by atoms with Gasteiger partial charge in [-0.2, -0.15) is 0 Å². The normalized spacial score (nSPS) is 20.4. The van der Waals surface area contributed by atoms with Crippen molar-refractivity contribution in [1.82, 2.24) is 9.88 Å². The molecule has 1 saturated heterocycles. The van der Waals surface area contributed by atoms with Crippen LogP contribution in [0.5, 0.6) is 5.88 Å². The number of pyridine rings is 1. The van der Waals surface area contributed by atoms with Gasteiger partial charge in [-0.1, -0.05) is 25.4 Å². The molecule has 2 rings (SSSR count). The third-order valence-corrected chi connectivity index (χ3v) is 3.88. The van der Waals surface area contributed by atoms with E-state index in [1.54, 1.807) is 23.2 Å². The molecule has 0 saturated carbocycles. The van der Waals surface area contributed by atoms with E-state index in [0.717, 1.165) is 6.42 Å². The summed E-state index contributed by atoms with van der Waals surface area (Å²) in [6, 6.07) is 3.42. The average molecular weight is 341 g/mol. The maximum atomic E-state index is 12.4. The minimum atomic E-state index is -0.514. The third kappa shape index (κ3) is 4.99. The van der Waals surface area contributed by atoms with Gasteiger partial charge in [-0.05, 0) is 44.7 Å². The highest BCUT2D eigenvalue weighted by Gasteiger charge is 2.42. The lowest BCUT2D eigenvalue weighted by Crippen LogP contribution is -2.42. The molecule has 1 fully saturated rings. The number of rotatable bonds is 3. The van der Waals surface area contributed by atoms with E-state index in [9.17, 15) is 4.79 Å². The molecule has 0 N–H and O–H groups in total. The van der Waals surface area contributed by atoms with Crippen LogP contribution >= 0.6 is 11.6 Å². The second-order valence-electron chi connectivity index (χ2n) is 7.73. The van der Waals surface area contributed by atoms with Crippen LogP contribution in [0.15, 0.2) is 18.3 Å². The molecule has 0 unspecified atom stereocenters. The number of nitrogens with zero attached hydrogens (tertiary/aromatic N) is 2. The van der Waals surface area contributed by atoms with Gasteiger partial charge in [-0.25, -0.2) is 9.78 Å². The SMILES string of the molecule is CC1(C)C[C@H](COc2ncccc2Cl)N(C(=O)OC(C)(C)C)C1. The van der Waals surface area contributed by atoms with Crippen molar-refractivity contribution >= 4 is 17.7 Å². The molecule has 6 heteroatoms. The Morgan fingerprint density at radius 1 is 1.48 bits per heavy atom. The zero-order valence-corrected chi connectivity index (χ0v) is 15.2. The molecule has 1 atom stereocenters. The van der Waals surface area contributed by atoms with Crippen LogP contribution in [-0.2, 0) is 4.74 Å². The minimum Gasteiger partial charge on any atom is -0.474 e. The van der Waals surface area contributed by atoms with Crippen LogP contribution < -0.4 is 4.74 Å². The molecule has 1 aliphatic rings. The first-order chi connectivity index (χ1) is 10.6. The van der Waals surface area contributed by atoms with Gasteiger partial charge in [-0.15, -0.1) is 0 Å². The second-order valence-corrected chi connectivity index (χ2v) is 8.14. The van der Waals surface area contributed by atoms with Crippen molar-refractivity contribution in [2.75, 3.05) is 13.2 Å². The van der Waals surface area contributed by atoms with Gasteiger partial charge in [0.25, 0.3) is 0 Å². The van der Waals surface area contributed by atoms with Crippen molar-refractivity contribution in [3.63, 3.8) is 0 Å². The number of carbonyl (C=O) groups is 1. The molecule has 0 aromatic carbocycles. The predicted octanol–water partition coefficient (Wildman–Crippen LogP) is 4.15. The van der Waals surface area contributed by atoms with E-state index < -0.39 is 5.60 Å². The number of aromatic nitrogens is 1. The molecule has 1 amide bonds. The molecule has 0 aliphatic carbocycles. The van der Waals surface area contributed by atoms with Gasteiger partial charge in [-0.3, -0.25) is 0 Å². The lowest BCUT2D eigenvalue weighted by atomic mass is 9.91. The zero-order valence-electron chi connectivity index (χ0n) is 14.4. The monoisotopic (exact) mass is 340 g/mol. The molecule has 0 bridgehead atoms. The van der Waals surface area contributed by atoms with E-state index in [-0.39, 0.29) is 17.6 Å². The molecule has 128 valence electrons. The van der Waals surface area contributed by atoms with Gasteiger partial charge in [0.1, 0.15) is 17.2 Å². The third-order valence-electron chi connectivity index (χ3n) is 3.59. The molecule has 1 aromatic rings. The standard InChI is InChI=1S/C17H25ClN2O3/c1-16(2,3)23-15(21)20-11-17(4,5)9-12(20)10-22-14-13(18)7-6-8-19-14/h6-8,12H,9-11H2,1-5H3/t12-/m1/s1. The van der Waals surface area contributed by atoms with Crippen molar-refractivity contribution in [2.45, 2.75) is 52.7 Å². The maximum Gasteiger partial charge on any atom is 0.410 e. The van der Waals surface area contributed by atoms with E-state index in [4.69, 9.17) is 21.1 Å². The summed E-state index contributed by atoms with van der Waals surface area (Å²) in [6.07, 6.45) is 2.17. The predicted molar refractivity (Wildman–Crippen MR) is 89.9 cm³/mol. The Morgan fingerprint density at radius 3 is 2.78 bits per heavy atom. The van der Waals surface area contributed by atoms with Crippen LogP contribution in [0.1, 0.15) is 41.0 Å². The number of hydrogen-bond acceptors (Lipinski definition) is 4. The number of hydrogen-bond donors (Lipinski definition) is 0. The van der Waals surface area contributed by atoms with Crippen LogP contribution in [0, 0.1) is 5.41 Å². The van der Waals surface area contributed by atoms with Crippen molar-refractivity contribution in [3.8, 4) is 5.88 Å². The highest BCUT2D eigenvalue weighted by atomic mass is 35.5. The van der Waals surface area contributed by atoms with Crippen molar-refractivity contribution in [3.05, 3.63) is 23.4 Å². The summed E-state index contributed by atoms with van der Waals surface area (Å²) in [6.45, 7) is 10.9. The Hall–Kier alpha value is -1.49. The molecule has 1 aliphatic heterocycles. The van der Waals surface area contributed by atoms with Gasteiger partial charge in [0, 0.05) is 12.7 Å². The van der Waals surface area contributed by atoms with E-state index in [0.29, 0.717) is 24.1 Å². The molecular formula is C17H25ClN2O3. The fourth-order valence-electron chi connectivity index (χ4n) is 2.74. The molecular weight excluding hydrogens is 316 g/mol. The van der Waals surface area contributed by atoms with E-state index in [1.807, 2.05) is 20.8 Å². The van der Waals surface area contributed by atoms with E-state index >= 15 is 0 Å². The van der Waals surface area contributed by atoms with Gasteiger partial charge >= 0.3 is 6.09 Å². The van der Waals surface area contributed by atoms with Gasteiger partial charge in [0.15, 0.2) is 0 Å². The van der Waals surface area contributed by atoms with Crippen molar-refractivity contribution in [1.29, 1.82) is 0 Å². The quantitative estimate of drug-likeness (QED) is 0.829. The summed E-state index contributed by atoms with van der Waals surface area (Å²) in [4.78, 5) is 18.3. The lowest BCUT2D eigenvalue weighted by Gasteiger charge is -2.28.